The SMILES string of the molecule is Cc1c(CN2CCC3(CC2)CN(c2ncnc4ccc(CC(F)(F)F)cc24)C3)ccc2c1cc(C#N)n2CC1CN(C)C(=O)CN1. The van der Waals surface area contributed by atoms with Crippen molar-refractivity contribution in [3.05, 3.63) is 65.1 Å². The van der Waals surface area contributed by atoms with Gasteiger partial charge in [0.25, 0.3) is 0 Å². The topological polar surface area (TPSA) is 93.3 Å². The van der Waals surface area contributed by atoms with Gasteiger partial charge >= 0.3 is 6.18 Å². The van der Waals surface area contributed by atoms with E-state index in [1.54, 1.807) is 17.0 Å². The second kappa shape index (κ2) is 11.5. The highest BCUT2D eigenvalue weighted by Crippen LogP contribution is 2.44. The van der Waals surface area contributed by atoms with E-state index >= 15 is 0 Å². The third kappa shape index (κ3) is 5.78. The molecule has 12 heteroatoms. The van der Waals surface area contributed by atoms with Crippen molar-refractivity contribution >= 4 is 33.5 Å². The Kier molecular flexibility index (Phi) is 7.64. The number of fused-ring (bicyclic) bond motifs is 2. The summed E-state index contributed by atoms with van der Waals surface area (Å²) >= 11 is 0. The number of likely N-dealkylation sites (N-methyl/N-ethyl adjacent to an activating group) is 1. The Bertz CT molecular complexity index is 1850. The molecule has 5 heterocycles. The van der Waals surface area contributed by atoms with Crippen LogP contribution in [0.5, 0.6) is 0 Å². The lowest BCUT2D eigenvalue weighted by atomic mass is 9.72. The van der Waals surface area contributed by atoms with Crippen LogP contribution in [-0.2, 0) is 24.3 Å². The van der Waals surface area contributed by atoms with Gasteiger partial charge in [0.05, 0.1) is 18.5 Å². The minimum Gasteiger partial charge on any atom is -0.355 e. The zero-order chi connectivity index (χ0) is 32.2. The van der Waals surface area contributed by atoms with E-state index in [0.717, 1.165) is 62.3 Å². The minimum absolute atomic E-state index is 0.0772. The minimum atomic E-state index is -4.26. The van der Waals surface area contributed by atoms with Crippen molar-refractivity contribution in [3.63, 3.8) is 0 Å². The van der Waals surface area contributed by atoms with E-state index < -0.39 is 12.6 Å². The van der Waals surface area contributed by atoms with Crippen LogP contribution >= 0.6 is 0 Å². The quantitative estimate of drug-likeness (QED) is 0.338. The normalized spacial score (nSPS) is 20.4. The molecule has 1 N–H and O–H groups in total. The van der Waals surface area contributed by atoms with Crippen LogP contribution in [0.15, 0.2) is 42.7 Å². The van der Waals surface area contributed by atoms with Gasteiger partial charge in [0.2, 0.25) is 5.91 Å². The van der Waals surface area contributed by atoms with E-state index in [2.05, 4.69) is 54.8 Å². The third-order valence-electron chi connectivity index (χ3n) is 10.2. The van der Waals surface area contributed by atoms with Crippen LogP contribution in [0.2, 0.25) is 0 Å². The number of carbonyl (C=O) groups excluding carboxylic acids is 1. The largest absolute Gasteiger partial charge is 0.393 e. The number of likely N-dealkylation sites (tertiary alicyclic amines) is 1. The number of amides is 1. The number of hydrogen-bond donors (Lipinski definition) is 1. The van der Waals surface area contributed by atoms with Gasteiger partial charge in [0, 0.05) is 67.5 Å². The second-order valence-electron chi connectivity index (χ2n) is 13.4. The lowest BCUT2D eigenvalue weighted by Gasteiger charge is -2.54. The van der Waals surface area contributed by atoms with Crippen LogP contribution in [-0.4, -0.2) is 88.8 Å². The molecule has 0 bridgehead atoms. The molecule has 0 saturated carbocycles. The Hall–Kier alpha value is -4.21. The lowest BCUT2D eigenvalue weighted by Crippen LogP contribution is -2.60. The summed E-state index contributed by atoms with van der Waals surface area (Å²) in [6.45, 7) is 8.12. The Morgan fingerprint density at radius 1 is 1.09 bits per heavy atom. The number of carbonyl (C=O) groups is 1. The summed E-state index contributed by atoms with van der Waals surface area (Å²) in [5.41, 5.74) is 5.16. The monoisotopic (exact) mass is 630 g/mol. The average molecular weight is 631 g/mol. The number of piperazine rings is 1. The number of aryl methyl sites for hydroxylation is 1. The average Bonchev–Trinajstić information content (AvgIpc) is 3.36. The van der Waals surface area contributed by atoms with Gasteiger partial charge in [-0.15, -0.1) is 0 Å². The third-order valence-corrected chi connectivity index (χ3v) is 10.2. The van der Waals surface area contributed by atoms with E-state index in [1.165, 1.54) is 23.5 Å². The number of piperidine rings is 1. The maximum Gasteiger partial charge on any atom is 0.393 e. The van der Waals surface area contributed by atoms with Crippen LogP contribution in [0.25, 0.3) is 21.8 Å². The maximum atomic E-state index is 13.0. The zero-order valence-corrected chi connectivity index (χ0v) is 26.1. The summed E-state index contributed by atoms with van der Waals surface area (Å²) in [6.07, 6.45) is -1.63. The van der Waals surface area contributed by atoms with Crippen LogP contribution < -0.4 is 10.2 Å². The summed E-state index contributed by atoms with van der Waals surface area (Å²) in [6, 6.07) is 13.5. The fourth-order valence-corrected chi connectivity index (χ4v) is 7.53. The predicted octanol–water partition coefficient (Wildman–Crippen LogP) is 4.40. The molecular formula is C34H37F3N8O. The molecule has 3 aliphatic rings. The highest BCUT2D eigenvalue weighted by molar-refractivity contribution is 5.90. The molecule has 7 rings (SSSR count). The molecule has 1 atom stereocenters. The Morgan fingerprint density at radius 3 is 2.59 bits per heavy atom. The van der Waals surface area contributed by atoms with Crippen LogP contribution in [0, 0.1) is 23.7 Å². The molecule has 2 aromatic heterocycles. The number of hydrogen-bond acceptors (Lipinski definition) is 7. The van der Waals surface area contributed by atoms with Gasteiger partial charge in [0.15, 0.2) is 0 Å². The first-order valence-corrected chi connectivity index (χ1v) is 15.8. The lowest BCUT2D eigenvalue weighted by molar-refractivity contribution is -0.131. The van der Waals surface area contributed by atoms with Gasteiger partial charge in [-0.05, 0) is 73.8 Å². The van der Waals surface area contributed by atoms with Gasteiger partial charge in [-0.1, -0.05) is 12.1 Å². The number of benzene rings is 2. The van der Waals surface area contributed by atoms with Gasteiger partial charge in [-0.25, -0.2) is 9.97 Å². The number of rotatable bonds is 6. The van der Waals surface area contributed by atoms with Gasteiger partial charge < -0.3 is 19.7 Å². The van der Waals surface area contributed by atoms with Crippen molar-refractivity contribution < 1.29 is 18.0 Å². The molecule has 1 unspecified atom stereocenters. The molecule has 1 spiro atoms. The first kappa shape index (κ1) is 30.4. The summed E-state index contributed by atoms with van der Waals surface area (Å²) in [7, 11) is 1.81. The van der Waals surface area contributed by atoms with E-state index in [9.17, 15) is 23.2 Å². The molecule has 3 aliphatic heterocycles. The summed E-state index contributed by atoms with van der Waals surface area (Å²) in [5, 5.41) is 15.0. The number of aromatic nitrogens is 3. The zero-order valence-electron chi connectivity index (χ0n) is 26.1. The number of nitrogens with one attached hydrogen (secondary N) is 1. The van der Waals surface area contributed by atoms with Crippen molar-refractivity contribution in [2.45, 2.75) is 51.5 Å². The number of nitriles is 1. The van der Waals surface area contributed by atoms with E-state index in [1.807, 2.05) is 13.1 Å². The fraction of sp³-hybridized carbons (Fsp3) is 0.471. The van der Waals surface area contributed by atoms with Gasteiger partial charge in [-0.3, -0.25) is 9.69 Å². The molecule has 2 aromatic carbocycles. The molecule has 46 heavy (non-hydrogen) atoms. The Labute approximate surface area is 265 Å². The molecule has 0 radical (unpaired) electrons. The Balaban J connectivity index is 1.00. The molecule has 9 nitrogen and oxygen atoms in total. The van der Waals surface area contributed by atoms with Crippen molar-refractivity contribution in [3.8, 4) is 6.07 Å². The first-order chi connectivity index (χ1) is 22.0. The molecule has 3 fully saturated rings. The number of anilines is 1. The fourth-order valence-electron chi connectivity index (χ4n) is 7.53. The molecular weight excluding hydrogens is 593 g/mol. The highest BCUT2D eigenvalue weighted by Gasteiger charge is 2.45. The van der Waals surface area contributed by atoms with Crippen molar-refractivity contribution in [1.82, 2.24) is 29.7 Å². The van der Waals surface area contributed by atoms with Gasteiger partial charge in [0.1, 0.15) is 23.9 Å². The van der Waals surface area contributed by atoms with Crippen molar-refractivity contribution in [2.24, 2.45) is 5.41 Å². The smallest absolute Gasteiger partial charge is 0.355 e. The summed E-state index contributed by atoms with van der Waals surface area (Å²) in [4.78, 5) is 27.1. The van der Waals surface area contributed by atoms with Crippen molar-refractivity contribution in [2.75, 3.05) is 51.2 Å². The molecule has 4 aromatic rings. The van der Waals surface area contributed by atoms with E-state index in [-0.39, 0.29) is 22.9 Å². The molecule has 0 aliphatic carbocycles. The maximum absolute atomic E-state index is 13.0. The number of alkyl halides is 3. The van der Waals surface area contributed by atoms with E-state index in [4.69, 9.17) is 0 Å². The Morgan fingerprint density at radius 2 is 1.87 bits per heavy atom. The molecule has 3 saturated heterocycles. The van der Waals surface area contributed by atoms with Gasteiger partial charge in [-0.2, -0.15) is 18.4 Å². The van der Waals surface area contributed by atoms with Crippen LogP contribution in [0.3, 0.4) is 0 Å². The summed E-state index contributed by atoms with van der Waals surface area (Å²) < 4.78 is 41.2. The predicted molar refractivity (Wildman–Crippen MR) is 169 cm³/mol. The highest BCUT2D eigenvalue weighted by atomic mass is 19.4. The molecule has 240 valence electrons. The number of nitrogens with zero attached hydrogens (tertiary/aromatic N) is 7. The van der Waals surface area contributed by atoms with Crippen LogP contribution in [0.1, 0.15) is 35.2 Å². The molecule has 1 amide bonds. The number of halogens is 3. The van der Waals surface area contributed by atoms with Crippen molar-refractivity contribution in [1.29, 1.82) is 5.26 Å². The standard InChI is InChI=1S/C34H37F3N8O/c1-22-24(4-6-30-27(22)12-26(14-38)45(30)18-25-17-42(2)31(46)15-39-25)16-43-9-7-33(8-10-43)19-44(20-33)32-28-11-23(13-34(35,36)37)3-5-29(28)40-21-41-32/h3-6,11-12,21,25,39H,7-10,13,15-20H2,1-2H3. The second-order valence-corrected chi connectivity index (χ2v) is 13.4. The first-order valence-electron chi connectivity index (χ1n) is 15.8. The van der Waals surface area contributed by atoms with Crippen LogP contribution in [0.4, 0.5) is 19.0 Å². The summed E-state index contributed by atoms with van der Waals surface area (Å²) in [5.74, 6) is 0.795. The van der Waals surface area contributed by atoms with E-state index in [0.29, 0.717) is 36.2 Å².